The molecule has 6 heteroatoms. The molecule has 1 heterocycles. The molecule has 29 heavy (non-hydrogen) atoms. The van der Waals surface area contributed by atoms with Crippen LogP contribution in [0.3, 0.4) is 0 Å². The Morgan fingerprint density at radius 3 is 2.66 bits per heavy atom. The van der Waals surface area contributed by atoms with Gasteiger partial charge in [0.15, 0.2) is 0 Å². The van der Waals surface area contributed by atoms with Gasteiger partial charge in [0.1, 0.15) is 0 Å². The minimum absolute atomic E-state index is 0.0876. The number of pyridine rings is 1. The molecule has 0 bridgehead atoms. The average molecular weight is 393 g/mol. The topological polar surface area (TPSA) is 82.5 Å². The Bertz CT molecular complexity index is 904. The normalized spacial score (nSPS) is 20.9. The maximum Gasteiger partial charge on any atom is 0.317 e. The molecule has 2 saturated carbocycles. The molecule has 0 radical (unpaired) electrons. The van der Waals surface area contributed by atoms with Gasteiger partial charge in [-0.1, -0.05) is 29.8 Å². The maximum absolute atomic E-state index is 12.7. The third kappa shape index (κ3) is 5.01. The van der Waals surface area contributed by atoms with Crippen molar-refractivity contribution >= 4 is 11.9 Å². The summed E-state index contributed by atoms with van der Waals surface area (Å²) < 4.78 is 0. The number of hydrogen-bond donors (Lipinski definition) is 2. The van der Waals surface area contributed by atoms with Gasteiger partial charge in [0, 0.05) is 36.6 Å². The largest absolute Gasteiger partial charge is 0.480 e. The summed E-state index contributed by atoms with van der Waals surface area (Å²) in [6, 6.07) is 10.3. The number of nitrogens with one attached hydrogen (secondary N) is 1. The van der Waals surface area contributed by atoms with E-state index in [0.29, 0.717) is 11.5 Å². The zero-order valence-corrected chi connectivity index (χ0v) is 16.7. The second kappa shape index (κ2) is 8.33. The van der Waals surface area contributed by atoms with Crippen LogP contribution in [0.5, 0.6) is 0 Å². The fraction of sp³-hybridized carbons (Fsp3) is 0.435. The molecule has 0 atom stereocenters. The quantitative estimate of drug-likeness (QED) is 0.720. The number of hydrogen-bond acceptors (Lipinski definition) is 4. The number of aliphatic carboxylic acids is 1. The van der Waals surface area contributed by atoms with Crippen molar-refractivity contribution in [3.05, 3.63) is 53.9 Å². The lowest BCUT2D eigenvalue weighted by atomic mass is 9.85. The third-order valence-electron chi connectivity index (χ3n) is 5.84. The van der Waals surface area contributed by atoms with Gasteiger partial charge in [-0.05, 0) is 50.2 Å². The Labute approximate surface area is 171 Å². The monoisotopic (exact) mass is 393 g/mol. The van der Waals surface area contributed by atoms with Gasteiger partial charge in [0.25, 0.3) is 5.91 Å². The van der Waals surface area contributed by atoms with Gasteiger partial charge in [-0.2, -0.15) is 0 Å². The van der Waals surface area contributed by atoms with Crippen LogP contribution in [0.15, 0.2) is 42.7 Å². The van der Waals surface area contributed by atoms with Crippen molar-refractivity contribution in [3.63, 3.8) is 0 Å². The molecule has 0 aliphatic heterocycles. The highest BCUT2D eigenvalue weighted by atomic mass is 16.4. The molecule has 0 spiro atoms. The maximum atomic E-state index is 12.7. The lowest BCUT2D eigenvalue weighted by molar-refractivity contribution is -0.139. The fourth-order valence-corrected chi connectivity index (χ4v) is 3.97. The summed E-state index contributed by atoms with van der Waals surface area (Å²) in [5.74, 6) is -0.252. The van der Waals surface area contributed by atoms with E-state index in [4.69, 9.17) is 5.11 Å². The molecular formula is C23H27N3O3. The lowest BCUT2D eigenvalue weighted by Crippen LogP contribution is -2.55. The molecule has 2 aromatic rings. The van der Waals surface area contributed by atoms with E-state index in [-0.39, 0.29) is 24.5 Å². The standard InChI is InChI=1S/C23H27N3O3/c1-15-3-2-4-17(7-15)18-8-19(12-24-11-18)23(29)25-20-9-21(10-20)26(14-22(27)28)13-16-5-6-16/h2-4,7-8,11-12,16,20-21H,5-6,9-10,13-14H2,1H3,(H,25,29)(H,27,28). The smallest absolute Gasteiger partial charge is 0.317 e. The van der Waals surface area contributed by atoms with Crippen molar-refractivity contribution in [2.75, 3.05) is 13.1 Å². The van der Waals surface area contributed by atoms with Gasteiger partial charge in [-0.25, -0.2) is 0 Å². The molecule has 2 aliphatic rings. The van der Waals surface area contributed by atoms with Crippen LogP contribution in [0, 0.1) is 12.8 Å². The Balaban J connectivity index is 1.34. The van der Waals surface area contributed by atoms with E-state index in [0.717, 1.165) is 36.1 Å². The highest BCUT2D eigenvalue weighted by Crippen LogP contribution is 2.34. The molecule has 0 saturated heterocycles. The minimum Gasteiger partial charge on any atom is -0.480 e. The van der Waals surface area contributed by atoms with Gasteiger partial charge >= 0.3 is 5.97 Å². The van der Waals surface area contributed by atoms with Gasteiger partial charge in [0.2, 0.25) is 0 Å². The number of rotatable bonds is 8. The number of aryl methyl sites for hydroxylation is 1. The van der Waals surface area contributed by atoms with Crippen molar-refractivity contribution < 1.29 is 14.7 Å². The van der Waals surface area contributed by atoms with Crippen LogP contribution in [0.25, 0.3) is 11.1 Å². The third-order valence-corrected chi connectivity index (χ3v) is 5.84. The molecule has 0 unspecified atom stereocenters. The lowest BCUT2D eigenvalue weighted by Gasteiger charge is -2.42. The number of amides is 1. The molecular weight excluding hydrogens is 366 g/mol. The Morgan fingerprint density at radius 1 is 1.17 bits per heavy atom. The van der Waals surface area contributed by atoms with Gasteiger partial charge < -0.3 is 10.4 Å². The van der Waals surface area contributed by atoms with E-state index in [2.05, 4.69) is 21.3 Å². The van der Waals surface area contributed by atoms with Crippen LogP contribution < -0.4 is 5.32 Å². The van der Waals surface area contributed by atoms with E-state index < -0.39 is 5.97 Å². The van der Waals surface area contributed by atoms with Gasteiger partial charge in [-0.3, -0.25) is 19.5 Å². The zero-order valence-electron chi connectivity index (χ0n) is 16.7. The van der Waals surface area contributed by atoms with Crippen LogP contribution in [0.1, 0.15) is 41.6 Å². The van der Waals surface area contributed by atoms with E-state index in [1.165, 1.54) is 12.8 Å². The number of carbonyl (C=O) groups is 2. The zero-order chi connectivity index (χ0) is 20.4. The second-order valence-corrected chi connectivity index (χ2v) is 8.39. The second-order valence-electron chi connectivity index (χ2n) is 8.39. The van der Waals surface area contributed by atoms with Crippen LogP contribution in [0.4, 0.5) is 0 Å². The number of carbonyl (C=O) groups excluding carboxylic acids is 1. The Morgan fingerprint density at radius 2 is 1.97 bits per heavy atom. The van der Waals surface area contributed by atoms with E-state index in [1.54, 1.807) is 12.4 Å². The summed E-state index contributed by atoms with van der Waals surface area (Å²) in [5.41, 5.74) is 3.67. The van der Waals surface area contributed by atoms with Crippen LogP contribution in [-0.2, 0) is 4.79 Å². The highest BCUT2D eigenvalue weighted by Gasteiger charge is 2.37. The summed E-state index contributed by atoms with van der Waals surface area (Å²) in [6.07, 6.45) is 7.37. The molecule has 2 aliphatic carbocycles. The number of carboxylic acid groups (broad SMARTS) is 1. The molecule has 1 amide bonds. The first-order valence-corrected chi connectivity index (χ1v) is 10.3. The summed E-state index contributed by atoms with van der Waals surface area (Å²) in [5, 5.41) is 12.2. The van der Waals surface area contributed by atoms with Crippen molar-refractivity contribution in [1.82, 2.24) is 15.2 Å². The van der Waals surface area contributed by atoms with E-state index in [9.17, 15) is 9.59 Å². The molecule has 4 rings (SSSR count). The molecule has 6 nitrogen and oxygen atoms in total. The van der Waals surface area contributed by atoms with Crippen LogP contribution in [-0.4, -0.2) is 52.0 Å². The van der Waals surface area contributed by atoms with Crippen molar-refractivity contribution in [2.24, 2.45) is 5.92 Å². The van der Waals surface area contributed by atoms with Gasteiger partial charge in [-0.15, -0.1) is 0 Å². The van der Waals surface area contributed by atoms with Crippen molar-refractivity contribution in [2.45, 2.75) is 44.7 Å². The molecule has 152 valence electrons. The summed E-state index contributed by atoms with van der Waals surface area (Å²) in [6.45, 7) is 2.99. The molecule has 2 fully saturated rings. The predicted octanol–water partition coefficient (Wildman–Crippen LogP) is 3.11. The summed E-state index contributed by atoms with van der Waals surface area (Å²) in [7, 11) is 0. The number of aromatic nitrogens is 1. The first-order chi connectivity index (χ1) is 14.0. The first kappa shape index (κ1) is 19.6. The highest BCUT2D eigenvalue weighted by molar-refractivity contribution is 5.95. The Kier molecular flexibility index (Phi) is 5.62. The van der Waals surface area contributed by atoms with Crippen molar-refractivity contribution in [1.29, 1.82) is 0 Å². The fourth-order valence-electron chi connectivity index (χ4n) is 3.97. The Hall–Kier alpha value is -2.73. The number of nitrogens with zero attached hydrogens (tertiary/aromatic N) is 2. The minimum atomic E-state index is -0.780. The van der Waals surface area contributed by atoms with Crippen LogP contribution in [0.2, 0.25) is 0 Å². The van der Waals surface area contributed by atoms with E-state index >= 15 is 0 Å². The summed E-state index contributed by atoms with van der Waals surface area (Å²) in [4.78, 5) is 30.1. The molecule has 2 N–H and O–H groups in total. The number of carboxylic acids is 1. The molecule has 1 aromatic heterocycles. The molecule has 1 aromatic carbocycles. The average Bonchev–Trinajstić information content (AvgIpc) is 3.47. The van der Waals surface area contributed by atoms with E-state index in [1.807, 2.05) is 31.2 Å². The number of benzene rings is 1. The summed E-state index contributed by atoms with van der Waals surface area (Å²) >= 11 is 0. The van der Waals surface area contributed by atoms with Crippen molar-refractivity contribution in [3.8, 4) is 11.1 Å². The SMILES string of the molecule is Cc1cccc(-c2cncc(C(=O)NC3CC(N(CC(=O)O)CC4CC4)C3)c2)c1. The predicted molar refractivity (Wildman–Crippen MR) is 111 cm³/mol. The van der Waals surface area contributed by atoms with Gasteiger partial charge in [0.05, 0.1) is 12.1 Å². The van der Waals surface area contributed by atoms with Crippen LogP contribution >= 0.6 is 0 Å². The first-order valence-electron chi connectivity index (χ1n) is 10.3.